The van der Waals surface area contributed by atoms with E-state index in [2.05, 4.69) is 31.1 Å². The summed E-state index contributed by atoms with van der Waals surface area (Å²) >= 11 is 1.31. The second-order valence-corrected chi connectivity index (χ2v) is 10.5. The first-order valence-corrected chi connectivity index (χ1v) is 13.9. The van der Waals surface area contributed by atoms with Gasteiger partial charge in [0.2, 0.25) is 11.8 Å². The zero-order chi connectivity index (χ0) is 26.5. The van der Waals surface area contributed by atoms with Crippen molar-refractivity contribution in [2.45, 2.75) is 105 Å². The number of amides is 2. The van der Waals surface area contributed by atoms with Crippen LogP contribution in [0.15, 0.2) is 5.38 Å². The Labute approximate surface area is 215 Å². The molecule has 0 saturated heterocycles. The Morgan fingerprint density at radius 3 is 2.37 bits per heavy atom. The lowest BCUT2D eigenvalue weighted by molar-refractivity contribution is -0.137. The number of carbonyl (C=O) groups excluding carboxylic acids is 3. The number of thiazole rings is 1. The van der Waals surface area contributed by atoms with Crippen LogP contribution in [0.1, 0.15) is 109 Å². The van der Waals surface area contributed by atoms with E-state index in [1.54, 1.807) is 12.3 Å². The standard InChI is InChI=1S/C26H46N4O4S/c1-8-11-12-13-14-30(25(32)23(27)18(6)9-2)22(17(4)5)15-20(28-19(7)31)24-29-21(16-35-24)26(33)34-10-3/h16-18,20,22-23H,8-15,27H2,1-7H3,(H,28,31)/t18-,20+,22+,23-/m0/s1. The molecule has 1 heterocycles. The number of esters is 1. The average molecular weight is 511 g/mol. The van der Waals surface area contributed by atoms with Gasteiger partial charge in [-0.05, 0) is 31.6 Å². The third-order valence-electron chi connectivity index (χ3n) is 6.41. The second-order valence-electron chi connectivity index (χ2n) is 9.60. The average Bonchev–Trinajstić information content (AvgIpc) is 3.31. The minimum Gasteiger partial charge on any atom is -0.461 e. The van der Waals surface area contributed by atoms with Crippen LogP contribution in [-0.4, -0.2) is 52.9 Å². The van der Waals surface area contributed by atoms with Crippen LogP contribution in [0.5, 0.6) is 0 Å². The number of unbranched alkanes of at least 4 members (excludes halogenated alkanes) is 3. The predicted molar refractivity (Wildman–Crippen MR) is 141 cm³/mol. The largest absolute Gasteiger partial charge is 0.461 e. The van der Waals surface area contributed by atoms with Gasteiger partial charge < -0.3 is 20.7 Å². The van der Waals surface area contributed by atoms with Gasteiger partial charge in [-0.25, -0.2) is 9.78 Å². The number of ether oxygens (including phenoxy) is 1. The smallest absolute Gasteiger partial charge is 0.357 e. The topological polar surface area (TPSA) is 115 Å². The molecule has 0 aliphatic heterocycles. The van der Waals surface area contributed by atoms with Crippen molar-refractivity contribution < 1.29 is 19.1 Å². The molecule has 0 radical (unpaired) electrons. The molecule has 200 valence electrons. The summed E-state index contributed by atoms with van der Waals surface area (Å²) in [5.41, 5.74) is 6.64. The molecule has 0 aromatic carbocycles. The van der Waals surface area contributed by atoms with E-state index in [0.717, 1.165) is 32.1 Å². The first kappa shape index (κ1) is 31.0. The number of carbonyl (C=O) groups is 3. The third-order valence-corrected chi connectivity index (χ3v) is 7.37. The Hall–Kier alpha value is -2.00. The summed E-state index contributed by atoms with van der Waals surface area (Å²) < 4.78 is 5.07. The van der Waals surface area contributed by atoms with Crippen molar-refractivity contribution in [3.8, 4) is 0 Å². The number of nitrogens with two attached hydrogens (primary N) is 1. The molecule has 2 amide bonds. The Morgan fingerprint density at radius 1 is 1.14 bits per heavy atom. The van der Waals surface area contributed by atoms with Gasteiger partial charge in [0.25, 0.3) is 0 Å². The molecule has 0 bridgehead atoms. The molecule has 9 heteroatoms. The van der Waals surface area contributed by atoms with Crippen LogP contribution >= 0.6 is 11.3 Å². The van der Waals surface area contributed by atoms with Crippen molar-refractivity contribution in [3.05, 3.63) is 16.1 Å². The van der Waals surface area contributed by atoms with Gasteiger partial charge >= 0.3 is 5.97 Å². The summed E-state index contributed by atoms with van der Waals surface area (Å²) in [6, 6.07) is -1.15. The van der Waals surface area contributed by atoms with E-state index in [-0.39, 0.29) is 42.0 Å². The van der Waals surface area contributed by atoms with E-state index >= 15 is 0 Å². The maximum atomic E-state index is 13.6. The first-order valence-electron chi connectivity index (χ1n) is 13.0. The molecule has 1 aromatic heterocycles. The predicted octanol–water partition coefficient (Wildman–Crippen LogP) is 4.69. The van der Waals surface area contributed by atoms with Crippen LogP contribution in [0.4, 0.5) is 0 Å². The number of hydrogen-bond donors (Lipinski definition) is 2. The molecular weight excluding hydrogens is 464 g/mol. The third kappa shape index (κ3) is 9.88. The molecule has 0 spiro atoms. The molecule has 0 aliphatic carbocycles. The normalized spacial score (nSPS) is 14.8. The Morgan fingerprint density at radius 2 is 1.83 bits per heavy atom. The van der Waals surface area contributed by atoms with Gasteiger partial charge in [-0.2, -0.15) is 0 Å². The van der Waals surface area contributed by atoms with E-state index in [4.69, 9.17) is 10.5 Å². The fourth-order valence-electron chi connectivity index (χ4n) is 4.05. The molecule has 1 rings (SSSR count). The molecule has 4 atom stereocenters. The number of nitrogens with zero attached hydrogens (tertiary/aromatic N) is 2. The van der Waals surface area contributed by atoms with Gasteiger partial charge in [0, 0.05) is 24.9 Å². The van der Waals surface area contributed by atoms with Crippen molar-refractivity contribution in [2.24, 2.45) is 17.6 Å². The van der Waals surface area contributed by atoms with Gasteiger partial charge in [-0.1, -0.05) is 60.3 Å². The van der Waals surface area contributed by atoms with E-state index < -0.39 is 18.1 Å². The lowest BCUT2D eigenvalue weighted by Crippen LogP contribution is -2.53. The monoisotopic (exact) mass is 510 g/mol. The minimum absolute atomic E-state index is 0.0394. The van der Waals surface area contributed by atoms with Crippen molar-refractivity contribution in [3.63, 3.8) is 0 Å². The number of rotatable bonds is 16. The van der Waals surface area contributed by atoms with Crippen LogP contribution in [-0.2, 0) is 14.3 Å². The molecular formula is C26H46N4O4S. The summed E-state index contributed by atoms with van der Waals surface area (Å²) in [6.45, 7) is 14.5. The number of aromatic nitrogens is 1. The second kappa shape index (κ2) is 15.9. The van der Waals surface area contributed by atoms with Gasteiger partial charge in [0.1, 0.15) is 5.01 Å². The van der Waals surface area contributed by atoms with Crippen LogP contribution < -0.4 is 11.1 Å². The zero-order valence-corrected chi connectivity index (χ0v) is 23.5. The van der Waals surface area contributed by atoms with Gasteiger partial charge in [-0.3, -0.25) is 9.59 Å². The molecule has 0 aliphatic rings. The number of nitrogens with one attached hydrogen (secondary N) is 1. The van der Waals surface area contributed by atoms with Crippen LogP contribution in [0.2, 0.25) is 0 Å². The summed E-state index contributed by atoms with van der Waals surface area (Å²) in [5.74, 6) is -0.505. The van der Waals surface area contributed by atoms with E-state index in [0.29, 0.717) is 18.0 Å². The summed E-state index contributed by atoms with van der Waals surface area (Å²) in [7, 11) is 0. The van der Waals surface area contributed by atoms with Gasteiger partial charge in [0.05, 0.1) is 18.7 Å². The Balaban J connectivity index is 3.27. The zero-order valence-electron chi connectivity index (χ0n) is 22.6. The molecule has 0 unspecified atom stereocenters. The van der Waals surface area contributed by atoms with Crippen LogP contribution in [0, 0.1) is 11.8 Å². The van der Waals surface area contributed by atoms with Crippen molar-refractivity contribution in [1.29, 1.82) is 0 Å². The molecule has 0 fully saturated rings. The number of hydrogen-bond acceptors (Lipinski definition) is 7. The molecule has 3 N–H and O–H groups in total. The van der Waals surface area contributed by atoms with Crippen LogP contribution in [0.25, 0.3) is 0 Å². The highest BCUT2D eigenvalue weighted by molar-refractivity contribution is 7.09. The lowest BCUT2D eigenvalue weighted by atomic mass is 9.92. The van der Waals surface area contributed by atoms with E-state index in [1.165, 1.54) is 18.3 Å². The molecule has 8 nitrogen and oxygen atoms in total. The SMILES string of the molecule is CCCCCCN(C(=O)[C@@H](N)[C@@H](C)CC)[C@H](C[C@@H](NC(C)=O)c1nc(C(=O)OCC)cs1)C(C)C. The molecule has 35 heavy (non-hydrogen) atoms. The fraction of sp³-hybridized carbons (Fsp3) is 0.769. The maximum absolute atomic E-state index is 13.6. The highest BCUT2D eigenvalue weighted by Gasteiger charge is 2.34. The Bertz CT molecular complexity index is 798. The summed E-state index contributed by atoms with van der Waals surface area (Å²) in [4.78, 5) is 44.2. The lowest BCUT2D eigenvalue weighted by Gasteiger charge is -2.39. The minimum atomic E-state index is -0.568. The summed E-state index contributed by atoms with van der Waals surface area (Å²) in [5, 5.41) is 5.26. The summed E-state index contributed by atoms with van der Waals surface area (Å²) in [6.07, 6.45) is 5.51. The highest BCUT2D eigenvalue weighted by atomic mass is 32.1. The van der Waals surface area contributed by atoms with Crippen molar-refractivity contribution >= 4 is 29.1 Å². The van der Waals surface area contributed by atoms with Crippen molar-refractivity contribution in [1.82, 2.24) is 15.2 Å². The molecule has 1 aromatic rings. The van der Waals surface area contributed by atoms with Crippen molar-refractivity contribution in [2.75, 3.05) is 13.2 Å². The first-order chi connectivity index (χ1) is 16.6. The Kier molecular flexibility index (Phi) is 14.1. The molecule has 0 saturated carbocycles. The quantitative estimate of drug-likeness (QED) is 0.246. The maximum Gasteiger partial charge on any atom is 0.357 e. The van der Waals surface area contributed by atoms with Crippen LogP contribution in [0.3, 0.4) is 0 Å². The van der Waals surface area contributed by atoms with Gasteiger partial charge in [-0.15, -0.1) is 11.3 Å². The van der Waals surface area contributed by atoms with Gasteiger partial charge in [0.15, 0.2) is 5.69 Å². The highest BCUT2D eigenvalue weighted by Crippen LogP contribution is 2.29. The fourth-order valence-corrected chi connectivity index (χ4v) is 4.90. The van der Waals surface area contributed by atoms with E-state index in [9.17, 15) is 14.4 Å². The van der Waals surface area contributed by atoms with E-state index in [1.807, 2.05) is 18.7 Å².